The van der Waals surface area contributed by atoms with E-state index in [1.807, 2.05) is 70.2 Å². The van der Waals surface area contributed by atoms with Gasteiger partial charge in [-0.05, 0) is 63.4 Å². The van der Waals surface area contributed by atoms with E-state index in [0.29, 0.717) is 23.6 Å². The summed E-state index contributed by atoms with van der Waals surface area (Å²) in [5.74, 6) is 0.0452. The zero-order valence-electron chi connectivity index (χ0n) is 17.2. The van der Waals surface area contributed by atoms with Gasteiger partial charge < -0.3 is 0 Å². The van der Waals surface area contributed by atoms with E-state index in [2.05, 4.69) is 13.8 Å². The Hall–Kier alpha value is -2.62. The summed E-state index contributed by atoms with van der Waals surface area (Å²) >= 11 is 0. The van der Waals surface area contributed by atoms with Crippen molar-refractivity contribution < 1.29 is 9.59 Å². The summed E-state index contributed by atoms with van der Waals surface area (Å²) in [6.07, 6.45) is 0. The fraction of sp³-hybridized carbons (Fsp3) is 0.391. The standard InChI is InChI=1S/C23H30N2O2/c1-7-24(21(26)19-11-9-8-10-12-19)25(23(4,5)6)22(27)20-15-13-18(14-16-20)17(2)3/h8-17H,7H2,1-6H3. The van der Waals surface area contributed by atoms with Crippen LogP contribution >= 0.6 is 0 Å². The molecular weight excluding hydrogens is 336 g/mol. The summed E-state index contributed by atoms with van der Waals surface area (Å²) in [6, 6.07) is 16.7. The molecule has 2 amide bonds. The van der Waals surface area contributed by atoms with Gasteiger partial charge in [0.15, 0.2) is 0 Å². The number of hydrogen-bond acceptors (Lipinski definition) is 2. The molecule has 0 saturated carbocycles. The third kappa shape index (κ3) is 4.76. The molecule has 0 N–H and O–H groups in total. The lowest BCUT2D eigenvalue weighted by atomic mass is 10.0. The number of benzene rings is 2. The zero-order valence-corrected chi connectivity index (χ0v) is 17.2. The van der Waals surface area contributed by atoms with E-state index >= 15 is 0 Å². The van der Waals surface area contributed by atoms with Gasteiger partial charge in [0.05, 0.1) is 5.54 Å². The molecule has 0 aliphatic carbocycles. The first kappa shape index (κ1) is 20.7. The van der Waals surface area contributed by atoms with Gasteiger partial charge in [0.25, 0.3) is 11.8 Å². The van der Waals surface area contributed by atoms with Crippen LogP contribution in [0.1, 0.15) is 73.7 Å². The third-order valence-electron chi connectivity index (χ3n) is 4.45. The molecule has 0 unspecified atom stereocenters. The number of amides is 2. The molecule has 0 aliphatic heterocycles. The highest BCUT2D eigenvalue weighted by atomic mass is 16.2. The molecule has 2 aromatic carbocycles. The van der Waals surface area contributed by atoms with Gasteiger partial charge in [0, 0.05) is 17.7 Å². The monoisotopic (exact) mass is 366 g/mol. The van der Waals surface area contributed by atoms with Gasteiger partial charge in [-0.3, -0.25) is 9.59 Å². The Balaban J connectivity index is 2.41. The molecule has 0 saturated heterocycles. The largest absolute Gasteiger partial charge is 0.272 e. The highest BCUT2D eigenvalue weighted by Gasteiger charge is 2.35. The summed E-state index contributed by atoms with van der Waals surface area (Å²) in [4.78, 5) is 26.4. The normalized spacial score (nSPS) is 11.4. The number of rotatable bonds is 4. The van der Waals surface area contributed by atoms with E-state index < -0.39 is 5.54 Å². The minimum atomic E-state index is -0.547. The first-order valence-electron chi connectivity index (χ1n) is 9.48. The van der Waals surface area contributed by atoms with Crippen LogP contribution in [-0.4, -0.2) is 33.9 Å². The van der Waals surface area contributed by atoms with Crippen molar-refractivity contribution in [1.82, 2.24) is 10.0 Å². The molecule has 0 heterocycles. The molecule has 4 heteroatoms. The first-order valence-corrected chi connectivity index (χ1v) is 9.48. The second kappa shape index (κ2) is 8.38. The summed E-state index contributed by atoms with van der Waals surface area (Å²) < 4.78 is 0. The molecular formula is C23H30N2O2. The van der Waals surface area contributed by atoms with Crippen molar-refractivity contribution >= 4 is 11.8 Å². The molecule has 0 bridgehead atoms. The summed E-state index contributed by atoms with van der Waals surface area (Å²) in [7, 11) is 0. The lowest BCUT2D eigenvalue weighted by molar-refractivity contribution is -0.0410. The average Bonchev–Trinajstić information content (AvgIpc) is 2.64. The molecule has 144 valence electrons. The van der Waals surface area contributed by atoms with E-state index in [-0.39, 0.29) is 11.8 Å². The molecule has 27 heavy (non-hydrogen) atoms. The van der Waals surface area contributed by atoms with Gasteiger partial charge in [-0.1, -0.05) is 44.2 Å². The molecule has 0 radical (unpaired) electrons. The zero-order chi connectivity index (χ0) is 20.2. The van der Waals surface area contributed by atoms with Crippen LogP contribution in [0.15, 0.2) is 54.6 Å². The fourth-order valence-electron chi connectivity index (χ4n) is 3.01. The molecule has 0 spiro atoms. The van der Waals surface area contributed by atoms with Crippen LogP contribution in [0.5, 0.6) is 0 Å². The summed E-state index contributed by atoms with van der Waals surface area (Å²) in [6.45, 7) is 12.3. The van der Waals surface area contributed by atoms with E-state index in [1.54, 1.807) is 17.1 Å². The molecule has 2 aromatic rings. The van der Waals surface area contributed by atoms with Crippen molar-refractivity contribution in [3.8, 4) is 0 Å². The second-order valence-electron chi connectivity index (χ2n) is 7.95. The van der Waals surface area contributed by atoms with Crippen molar-refractivity contribution in [2.75, 3.05) is 6.54 Å². The van der Waals surface area contributed by atoms with Gasteiger partial charge in [0.1, 0.15) is 0 Å². The Kier molecular flexibility index (Phi) is 6.42. The molecule has 0 fully saturated rings. The molecule has 0 atom stereocenters. The molecule has 2 rings (SSSR count). The SMILES string of the molecule is CCN(C(=O)c1ccccc1)N(C(=O)c1ccc(C(C)C)cc1)C(C)(C)C. The Morgan fingerprint density at radius 3 is 1.81 bits per heavy atom. The highest BCUT2D eigenvalue weighted by Crippen LogP contribution is 2.23. The van der Waals surface area contributed by atoms with Crippen LogP contribution in [0.4, 0.5) is 0 Å². The number of hydrogen-bond donors (Lipinski definition) is 0. The maximum atomic E-state index is 13.3. The average molecular weight is 367 g/mol. The van der Waals surface area contributed by atoms with Crippen LogP contribution in [0, 0.1) is 0 Å². The van der Waals surface area contributed by atoms with Gasteiger partial charge in [0.2, 0.25) is 0 Å². The minimum absolute atomic E-state index is 0.177. The molecule has 0 aromatic heterocycles. The van der Waals surface area contributed by atoms with Crippen LogP contribution < -0.4 is 0 Å². The maximum Gasteiger partial charge on any atom is 0.272 e. The van der Waals surface area contributed by atoms with Crippen LogP contribution in [0.25, 0.3) is 0 Å². The second-order valence-corrected chi connectivity index (χ2v) is 7.95. The van der Waals surface area contributed by atoms with E-state index in [4.69, 9.17) is 0 Å². The number of carbonyl (C=O) groups is 2. The van der Waals surface area contributed by atoms with Crippen molar-refractivity contribution in [3.63, 3.8) is 0 Å². The predicted molar refractivity (Wildman–Crippen MR) is 110 cm³/mol. The third-order valence-corrected chi connectivity index (χ3v) is 4.45. The van der Waals surface area contributed by atoms with Gasteiger partial charge in [-0.25, -0.2) is 10.0 Å². The van der Waals surface area contributed by atoms with E-state index in [1.165, 1.54) is 10.6 Å². The van der Waals surface area contributed by atoms with Crippen LogP contribution in [0.3, 0.4) is 0 Å². The fourth-order valence-corrected chi connectivity index (χ4v) is 3.01. The Morgan fingerprint density at radius 2 is 1.37 bits per heavy atom. The number of nitrogens with zero attached hydrogens (tertiary/aromatic N) is 2. The van der Waals surface area contributed by atoms with Crippen molar-refractivity contribution in [1.29, 1.82) is 0 Å². The van der Waals surface area contributed by atoms with Gasteiger partial charge in [-0.15, -0.1) is 0 Å². The van der Waals surface area contributed by atoms with Crippen molar-refractivity contribution in [2.45, 2.75) is 53.0 Å². The Bertz CT molecular complexity index is 774. The number of hydrazine groups is 1. The quantitative estimate of drug-likeness (QED) is 0.704. The Morgan fingerprint density at radius 1 is 0.852 bits per heavy atom. The van der Waals surface area contributed by atoms with Crippen LogP contribution in [-0.2, 0) is 0 Å². The topological polar surface area (TPSA) is 40.6 Å². The Labute approximate surface area is 162 Å². The minimum Gasteiger partial charge on any atom is -0.267 e. The van der Waals surface area contributed by atoms with Crippen LogP contribution in [0.2, 0.25) is 0 Å². The summed E-state index contributed by atoms with van der Waals surface area (Å²) in [5.41, 5.74) is 1.78. The lowest BCUT2D eigenvalue weighted by Crippen LogP contribution is -2.58. The molecule has 4 nitrogen and oxygen atoms in total. The first-order chi connectivity index (χ1) is 12.7. The predicted octanol–water partition coefficient (Wildman–Crippen LogP) is 5.13. The molecule has 0 aliphatic rings. The smallest absolute Gasteiger partial charge is 0.267 e. The lowest BCUT2D eigenvalue weighted by Gasteiger charge is -2.43. The maximum absolute atomic E-state index is 13.3. The van der Waals surface area contributed by atoms with Crippen molar-refractivity contribution in [2.24, 2.45) is 0 Å². The van der Waals surface area contributed by atoms with E-state index in [0.717, 1.165) is 0 Å². The summed E-state index contributed by atoms with van der Waals surface area (Å²) in [5, 5.41) is 3.11. The highest BCUT2D eigenvalue weighted by molar-refractivity contribution is 5.99. The van der Waals surface area contributed by atoms with E-state index in [9.17, 15) is 9.59 Å². The van der Waals surface area contributed by atoms with Crippen molar-refractivity contribution in [3.05, 3.63) is 71.3 Å². The number of carbonyl (C=O) groups excluding carboxylic acids is 2. The van der Waals surface area contributed by atoms with Gasteiger partial charge >= 0.3 is 0 Å². The van der Waals surface area contributed by atoms with Gasteiger partial charge in [-0.2, -0.15) is 0 Å².